The molecule has 84 heavy (non-hydrogen) atoms. The minimum Gasteiger partial charge on any atom is -0.507 e. The number of fused-ring (bicyclic) bond motifs is 2. The second kappa shape index (κ2) is 29.3. The molecule has 7 rings (SSSR count). The lowest BCUT2D eigenvalue weighted by Gasteiger charge is -2.30. The highest BCUT2D eigenvalue weighted by Gasteiger charge is 2.39. The van der Waals surface area contributed by atoms with E-state index in [9.17, 15) is 48.6 Å². The summed E-state index contributed by atoms with van der Waals surface area (Å²) in [5, 5.41) is 39.7. The topological polar surface area (TPSA) is 274 Å². The molecule has 0 radical (unpaired) electrons. The lowest BCUT2D eigenvalue weighted by atomic mass is 9.81. The van der Waals surface area contributed by atoms with Gasteiger partial charge in [0.15, 0.2) is 0 Å². The predicted octanol–water partition coefficient (Wildman–Crippen LogP) is 9.09. The first-order chi connectivity index (χ1) is 40.3. The fourth-order valence-corrected chi connectivity index (χ4v) is 9.55. The highest BCUT2D eigenvalue weighted by Crippen LogP contribution is 2.42. The molecular weight excluding hydrogens is 1070 g/mol. The lowest BCUT2D eigenvalue weighted by molar-refractivity contribution is -0.130. The molecule has 1 aliphatic rings. The molecule has 6 aromatic carbocycles. The fraction of sp³-hybridized carbons (Fsp3) is 0.312. The number of rotatable bonds is 26. The maximum atomic E-state index is 14.7. The van der Waals surface area contributed by atoms with E-state index in [2.05, 4.69) is 31.9 Å². The Morgan fingerprint density at radius 3 is 1.11 bits per heavy atom. The number of ether oxygens (including phenoxy) is 2. The number of phenolic OH excluding ortho intramolecular Hbond substituents is 2. The van der Waals surface area contributed by atoms with Gasteiger partial charge in [-0.1, -0.05) is 125 Å². The minimum absolute atomic E-state index is 0.00986. The van der Waals surface area contributed by atoms with Gasteiger partial charge in [0.05, 0.1) is 22.3 Å². The Hall–Kier alpha value is -9.72. The Bertz CT molecular complexity index is 3080. The summed E-state index contributed by atoms with van der Waals surface area (Å²) in [6.45, 7) is 9.62. The fourth-order valence-electron chi connectivity index (χ4n) is 9.55. The number of aromatic hydroxyl groups is 2. The quantitative estimate of drug-likeness (QED) is 0.0235. The molecule has 0 fully saturated rings. The number of carbonyl (C=O) groups is 8. The first-order valence-corrected chi connectivity index (χ1v) is 27.9. The third kappa shape index (κ3) is 16.3. The summed E-state index contributed by atoms with van der Waals surface area (Å²) < 4.78 is 11.4. The minimum atomic E-state index is -1.21. The van der Waals surface area contributed by atoms with E-state index in [-0.39, 0.29) is 86.6 Å². The van der Waals surface area contributed by atoms with Crippen LogP contribution in [-0.2, 0) is 41.9 Å². The van der Waals surface area contributed by atoms with Crippen molar-refractivity contribution in [3.05, 3.63) is 179 Å². The summed E-state index contributed by atoms with van der Waals surface area (Å²) >= 11 is 0. The average Bonchev–Trinajstić information content (AvgIpc) is 1.53. The van der Waals surface area contributed by atoms with Gasteiger partial charge in [-0.15, -0.1) is 0 Å². The van der Waals surface area contributed by atoms with Gasteiger partial charge in [0.2, 0.25) is 35.2 Å². The van der Waals surface area contributed by atoms with Crippen LogP contribution in [-0.4, -0.2) is 118 Å². The molecule has 0 aliphatic heterocycles. The molecule has 20 nitrogen and oxygen atoms in total. The Balaban J connectivity index is 1.14. The zero-order valence-corrected chi connectivity index (χ0v) is 47.8. The normalized spacial score (nSPS) is 13.0. The first kappa shape index (κ1) is 61.9. The molecule has 0 aromatic heterocycles. The van der Waals surface area contributed by atoms with Crippen molar-refractivity contribution in [1.29, 1.82) is 0 Å². The molecule has 0 unspecified atom stereocenters. The third-order valence-electron chi connectivity index (χ3n) is 13.9. The SMILES string of the molecule is CC(C)C[C@H](NC(=O)[C@H](C)N(CCNc1ccc(NCCN(C(=O)OCc2ccccc2)[C@@H](C)C(=O)N[C@@H](CC(C)C)C(=O)Nc2ccccc2)c2c1C(=O)c1c(O)ccc(O)c1C2=O)C(=O)OCc1ccccc1)C(=O)Nc1ccccc1. The van der Waals surface area contributed by atoms with E-state index in [4.69, 9.17) is 9.47 Å². The van der Waals surface area contributed by atoms with Crippen LogP contribution in [0.4, 0.5) is 32.3 Å². The molecule has 0 bridgehead atoms. The van der Waals surface area contributed by atoms with Gasteiger partial charge in [-0.05, 0) is 98.2 Å². The van der Waals surface area contributed by atoms with Crippen LogP contribution in [0.3, 0.4) is 0 Å². The smallest absolute Gasteiger partial charge is 0.410 e. The standard InChI is InChI=1S/C64H72N8O12/c1-39(2)35-49(61(79)67-45-23-15-9-16-24-45)69-59(77)41(5)71(63(81)83-37-43-19-11-7-12-20-43)33-31-65-47-27-28-48(54-53(47)57(75)55-51(73)29-30-52(74)56(55)58(54)76)66-32-34-72(64(82)84-38-44-21-13-8-14-22-44)42(6)60(78)70-50(36-40(3)4)62(80)68-46-25-17-10-18-26-46/h7-30,39-42,49-50,65-66,73-74H,31-38H2,1-6H3,(H,67,79)(H,68,80)(H,69,77)(H,70,78)/t41-,42-,49-,50-/m0/s1. The molecule has 0 spiro atoms. The van der Waals surface area contributed by atoms with E-state index < -0.39 is 94.2 Å². The summed E-state index contributed by atoms with van der Waals surface area (Å²) in [5.74, 6) is -5.03. The number of ketones is 2. The molecule has 6 aromatic rings. The maximum absolute atomic E-state index is 14.7. The number of hydrogen-bond donors (Lipinski definition) is 8. The van der Waals surface area contributed by atoms with E-state index in [1.807, 2.05) is 39.8 Å². The van der Waals surface area contributed by atoms with E-state index >= 15 is 0 Å². The molecule has 0 saturated heterocycles. The summed E-state index contributed by atoms with van der Waals surface area (Å²) in [5.41, 5.74) is 1.28. The van der Waals surface area contributed by atoms with Gasteiger partial charge < -0.3 is 51.6 Å². The first-order valence-electron chi connectivity index (χ1n) is 27.9. The van der Waals surface area contributed by atoms with Crippen LogP contribution in [0, 0.1) is 11.8 Å². The number of carbonyl (C=O) groups excluding carboxylic acids is 8. The maximum Gasteiger partial charge on any atom is 0.410 e. The molecule has 20 heteroatoms. The Labute approximate surface area is 488 Å². The van der Waals surface area contributed by atoms with E-state index in [1.165, 1.54) is 35.8 Å². The van der Waals surface area contributed by atoms with Gasteiger partial charge in [-0.2, -0.15) is 0 Å². The number of nitrogens with one attached hydrogen (secondary N) is 6. The van der Waals surface area contributed by atoms with Gasteiger partial charge >= 0.3 is 12.2 Å². The van der Waals surface area contributed by atoms with Crippen LogP contribution in [0.2, 0.25) is 0 Å². The van der Waals surface area contributed by atoms with E-state index in [1.54, 1.807) is 109 Å². The van der Waals surface area contributed by atoms with Gasteiger partial charge in [0.1, 0.15) is 48.9 Å². The van der Waals surface area contributed by atoms with Crippen molar-refractivity contribution in [2.75, 3.05) is 47.4 Å². The zero-order chi connectivity index (χ0) is 60.5. The van der Waals surface area contributed by atoms with Crippen LogP contribution in [0.5, 0.6) is 11.5 Å². The monoisotopic (exact) mass is 1140 g/mol. The number of anilines is 4. The third-order valence-corrected chi connectivity index (χ3v) is 13.9. The van der Waals surface area contributed by atoms with E-state index in [0.717, 1.165) is 12.1 Å². The van der Waals surface area contributed by atoms with Crippen molar-refractivity contribution in [1.82, 2.24) is 20.4 Å². The number of phenols is 2. The Morgan fingerprint density at radius 1 is 0.440 bits per heavy atom. The lowest BCUT2D eigenvalue weighted by Crippen LogP contribution is -2.54. The highest BCUT2D eigenvalue weighted by atomic mass is 16.6. The van der Waals surface area contributed by atoms with Crippen molar-refractivity contribution in [3.8, 4) is 11.5 Å². The van der Waals surface area contributed by atoms with Crippen LogP contribution in [0.1, 0.15) is 97.4 Å². The van der Waals surface area contributed by atoms with Crippen molar-refractivity contribution in [2.45, 2.75) is 91.8 Å². The number of amides is 6. The van der Waals surface area contributed by atoms with Crippen molar-refractivity contribution in [3.63, 3.8) is 0 Å². The second-order valence-corrected chi connectivity index (χ2v) is 21.2. The van der Waals surface area contributed by atoms with Crippen LogP contribution in [0.15, 0.2) is 146 Å². The Kier molecular flexibility index (Phi) is 21.6. The van der Waals surface area contributed by atoms with Crippen LogP contribution >= 0.6 is 0 Å². The molecule has 0 saturated carbocycles. The summed E-state index contributed by atoms with van der Waals surface area (Å²) in [6, 6.07) is 36.2. The van der Waals surface area contributed by atoms with Crippen LogP contribution in [0.25, 0.3) is 0 Å². The van der Waals surface area contributed by atoms with Crippen molar-refractivity contribution >= 4 is 70.1 Å². The van der Waals surface area contributed by atoms with Crippen molar-refractivity contribution in [2.24, 2.45) is 11.8 Å². The molecule has 440 valence electrons. The summed E-state index contributed by atoms with van der Waals surface area (Å²) in [4.78, 5) is 115. The largest absolute Gasteiger partial charge is 0.507 e. The summed E-state index contributed by atoms with van der Waals surface area (Å²) in [6.07, 6.45) is -1.17. The Morgan fingerprint density at radius 2 is 0.774 bits per heavy atom. The molecule has 0 heterocycles. The van der Waals surface area contributed by atoms with Gasteiger partial charge in [0, 0.05) is 48.9 Å². The molecule has 8 N–H and O–H groups in total. The molecule has 1 aliphatic carbocycles. The van der Waals surface area contributed by atoms with E-state index in [0.29, 0.717) is 22.5 Å². The predicted molar refractivity (Wildman–Crippen MR) is 319 cm³/mol. The van der Waals surface area contributed by atoms with Crippen molar-refractivity contribution < 1.29 is 58.0 Å². The second-order valence-electron chi connectivity index (χ2n) is 21.2. The van der Waals surface area contributed by atoms with Gasteiger partial charge in [0.25, 0.3) is 0 Å². The summed E-state index contributed by atoms with van der Waals surface area (Å²) in [7, 11) is 0. The van der Waals surface area contributed by atoms with Gasteiger partial charge in [-0.25, -0.2) is 9.59 Å². The van der Waals surface area contributed by atoms with Crippen LogP contribution < -0.4 is 31.9 Å². The molecular formula is C64H72N8O12. The number of nitrogens with zero attached hydrogens (tertiary/aromatic N) is 2. The number of benzene rings is 6. The molecule has 4 atom stereocenters. The average molecular weight is 1150 g/mol. The highest BCUT2D eigenvalue weighted by molar-refractivity contribution is 6.33. The molecule has 6 amide bonds. The number of para-hydroxylation sites is 2. The number of hydrogen-bond acceptors (Lipinski definition) is 14. The zero-order valence-electron chi connectivity index (χ0n) is 47.8. The van der Waals surface area contributed by atoms with Gasteiger partial charge in [-0.3, -0.25) is 38.6 Å².